The van der Waals surface area contributed by atoms with Gasteiger partial charge in [-0.3, -0.25) is 9.59 Å². The molecule has 15 heavy (non-hydrogen) atoms. The van der Waals surface area contributed by atoms with Gasteiger partial charge in [-0.25, -0.2) is 0 Å². The Morgan fingerprint density at radius 2 is 2.07 bits per heavy atom. The van der Waals surface area contributed by atoms with E-state index in [4.69, 9.17) is 5.73 Å². The summed E-state index contributed by atoms with van der Waals surface area (Å²) in [6, 6.07) is 9.13. The molecule has 1 saturated heterocycles. The van der Waals surface area contributed by atoms with Crippen LogP contribution in [0.4, 0.5) is 0 Å². The van der Waals surface area contributed by atoms with Gasteiger partial charge in [0, 0.05) is 6.54 Å². The first-order valence-corrected chi connectivity index (χ1v) is 4.81. The van der Waals surface area contributed by atoms with E-state index in [1.54, 1.807) is 0 Å². The highest BCUT2D eigenvalue weighted by Crippen LogP contribution is 2.21. The van der Waals surface area contributed by atoms with E-state index in [0.29, 0.717) is 6.54 Å². The number of β-lactam (4-membered cyclic amide) rings is 1. The molecule has 1 heterocycles. The number of likely N-dealkylation sites (tertiary alicyclic amines) is 1. The Kier molecular flexibility index (Phi) is 2.41. The molecule has 0 unspecified atom stereocenters. The number of carbonyl (C=O) groups is 2. The fourth-order valence-corrected chi connectivity index (χ4v) is 1.69. The third-order valence-corrected chi connectivity index (χ3v) is 2.59. The molecule has 1 aromatic rings. The third-order valence-electron chi connectivity index (χ3n) is 2.59. The number of hydrogen-bond acceptors (Lipinski definition) is 2. The minimum atomic E-state index is -0.425. The zero-order valence-corrected chi connectivity index (χ0v) is 8.22. The normalized spacial score (nSPS) is 19.9. The van der Waals surface area contributed by atoms with E-state index in [2.05, 4.69) is 0 Å². The minimum absolute atomic E-state index is 0.0114. The van der Waals surface area contributed by atoms with Crippen molar-refractivity contribution in [3.8, 4) is 0 Å². The van der Waals surface area contributed by atoms with Crippen LogP contribution in [0.5, 0.6) is 0 Å². The van der Waals surface area contributed by atoms with Crippen LogP contribution in [0.25, 0.3) is 0 Å². The standard InChI is InChI=1S/C11H12N2O2/c12-11(15)9-6-10(14)13(9)7-8-4-2-1-3-5-8/h1-5,9H,6-7H2,(H2,12,15)/t9-/m0/s1. The number of primary amides is 1. The summed E-state index contributed by atoms with van der Waals surface area (Å²) in [7, 11) is 0. The van der Waals surface area contributed by atoms with Gasteiger partial charge in [0.25, 0.3) is 0 Å². The maximum atomic E-state index is 11.3. The molecule has 1 fully saturated rings. The molecule has 78 valence electrons. The van der Waals surface area contributed by atoms with Crippen LogP contribution in [-0.4, -0.2) is 22.8 Å². The molecule has 1 aromatic carbocycles. The Hall–Kier alpha value is -1.84. The van der Waals surface area contributed by atoms with Crippen LogP contribution < -0.4 is 5.73 Å². The zero-order valence-electron chi connectivity index (χ0n) is 8.22. The number of amides is 2. The quantitative estimate of drug-likeness (QED) is 0.718. The molecule has 2 amide bonds. The first kappa shape index (κ1) is 9.71. The molecule has 1 aliphatic heterocycles. The molecular formula is C11H12N2O2. The van der Waals surface area contributed by atoms with E-state index in [1.165, 1.54) is 4.90 Å². The summed E-state index contributed by atoms with van der Waals surface area (Å²) in [5.74, 6) is -0.437. The third kappa shape index (κ3) is 1.83. The Bertz CT molecular complexity index is 389. The average Bonchev–Trinajstić information content (AvgIpc) is 2.23. The summed E-state index contributed by atoms with van der Waals surface area (Å²) in [4.78, 5) is 23.7. The van der Waals surface area contributed by atoms with E-state index >= 15 is 0 Å². The smallest absolute Gasteiger partial charge is 0.240 e. The number of hydrogen-bond donors (Lipinski definition) is 1. The number of rotatable bonds is 3. The summed E-state index contributed by atoms with van der Waals surface area (Å²) in [5, 5.41) is 0. The molecule has 4 heteroatoms. The van der Waals surface area contributed by atoms with Crippen molar-refractivity contribution >= 4 is 11.8 Å². The molecule has 0 aromatic heterocycles. The van der Waals surface area contributed by atoms with Crippen LogP contribution in [0.3, 0.4) is 0 Å². The molecule has 0 bridgehead atoms. The lowest BCUT2D eigenvalue weighted by atomic mass is 10.00. The van der Waals surface area contributed by atoms with E-state index in [0.717, 1.165) is 5.56 Å². The Morgan fingerprint density at radius 3 is 2.60 bits per heavy atom. The summed E-state index contributed by atoms with van der Waals surface area (Å²) >= 11 is 0. The molecule has 1 aliphatic rings. The van der Waals surface area contributed by atoms with E-state index < -0.39 is 11.9 Å². The lowest BCUT2D eigenvalue weighted by Crippen LogP contribution is -2.57. The monoisotopic (exact) mass is 204 g/mol. The van der Waals surface area contributed by atoms with Gasteiger partial charge in [0.2, 0.25) is 11.8 Å². The fraction of sp³-hybridized carbons (Fsp3) is 0.273. The van der Waals surface area contributed by atoms with Gasteiger partial charge in [0.1, 0.15) is 6.04 Å². The van der Waals surface area contributed by atoms with E-state index in [1.807, 2.05) is 30.3 Å². The Morgan fingerprint density at radius 1 is 1.40 bits per heavy atom. The van der Waals surface area contributed by atoms with Gasteiger partial charge >= 0.3 is 0 Å². The second kappa shape index (κ2) is 3.73. The van der Waals surface area contributed by atoms with Crippen molar-refractivity contribution in [2.75, 3.05) is 0 Å². The molecule has 4 nitrogen and oxygen atoms in total. The van der Waals surface area contributed by atoms with Gasteiger partial charge in [-0.05, 0) is 5.56 Å². The SMILES string of the molecule is NC(=O)[C@@H]1CC(=O)N1Cc1ccccc1. The van der Waals surface area contributed by atoms with Gasteiger partial charge < -0.3 is 10.6 Å². The van der Waals surface area contributed by atoms with Crippen molar-refractivity contribution in [2.24, 2.45) is 5.73 Å². The highest BCUT2D eigenvalue weighted by molar-refractivity contribution is 5.96. The molecule has 2 rings (SSSR count). The van der Waals surface area contributed by atoms with Crippen molar-refractivity contribution in [1.29, 1.82) is 0 Å². The summed E-state index contributed by atoms with van der Waals surface area (Å²) in [6.07, 6.45) is 0.252. The summed E-state index contributed by atoms with van der Waals surface area (Å²) in [5.41, 5.74) is 6.18. The maximum absolute atomic E-state index is 11.3. The Labute approximate surface area is 87.7 Å². The van der Waals surface area contributed by atoms with Crippen LogP contribution in [0.1, 0.15) is 12.0 Å². The second-order valence-corrected chi connectivity index (χ2v) is 3.63. The molecule has 0 radical (unpaired) electrons. The lowest BCUT2D eigenvalue weighted by Gasteiger charge is -2.38. The highest BCUT2D eigenvalue weighted by Gasteiger charge is 2.39. The van der Waals surface area contributed by atoms with Crippen molar-refractivity contribution in [3.05, 3.63) is 35.9 Å². The predicted molar refractivity (Wildman–Crippen MR) is 54.6 cm³/mol. The van der Waals surface area contributed by atoms with Crippen LogP contribution in [0.2, 0.25) is 0 Å². The van der Waals surface area contributed by atoms with Crippen molar-refractivity contribution in [1.82, 2.24) is 4.90 Å². The van der Waals surface area contributed by atoms with Crippen molar-refractivity contribution in [3.63, 3.8) is 0 Å². The molecule has 0 spiro atoms. The minimum Gasteiger partial charge on any atom is -0.368 e. The second-order valence-electron chi connectivity index (χ2n) is 3.63. The van der Waals surface area contributed by atoms with Crippen molar-refractivity contribution < 1.29 is 9.59 Å². The highest BCUT2D eigenvalue weighted by atomic mass is 16.2. The molecular weight excluding hydrogens is 192 g/mol. The topological polar surface area (TPSA) is 63.4 Å². The lowest BCUT2D eigenvalue weighted by molar-refractivity contribution is -0.153. The number of nitrogens with two attached hydrogens (primary N) is 1. The first-order chi connectivity index (χ1) is 7.18. The largest absolute Gasteiger partial charge is 0.368 e. The maximum Gasteiger partial charge on any atom is 0.240 e. The zero-order chi connectivity index (χ0) is 10.8. The average molecular weight is 204 g/mol. The molecule has 0 aliphatic carbocycles. The predicted octanol–water partition coefficient (Wildman–Crippen LogP) is 0.273. The summed E-state index contributed by atoms with van der Waals surface area (Å²) < 4.78 is 0. The van der Waals surface area contributed by atoms with E-state index in [-0.39, 0.29) is 12.3 Å². The van der Waals surface area contributed by atoms with E-state index in [9.17, 15) is 9.59 Å². The number of carbonyl (C=O) groups excluding carboxylic acids is 2. The van der Waals surface area contributed by atoms with Gasteiger partial charge in [-0.2, -0.15) is 0 Å². The van der Waals surface area contributed by atoms with Gasteiger partial charge in [-0.1, -0.05) is 30.3 Å². The van der Waals surface area contributed by atoms with Crippen LogP contribution in [0.15, 0.2) is 30.3 Å². The van der Waals surface area contributed by atoms with Gasteiger partial charge in [0.05, 0.1) is 6.42 Å². The molecule has 0 saturated carbocycles. The summed E-state index contributed by atoms with van der Waals surface area (Å²) in [6.45, 7) is 0.466. The van der Waals surface area contributed by atoms with Crippen molar-refractivity contribution in [2.45, 2.75) is 19.0 Å². The van der Waals surface area contributed by atoms with Gasteiger partial charge in [-0.15, -0.1) is 0 Å². The van der Waals surface area contributed by atoms with Crippen LogP contribution in [0, 0.1) is 0 Å². The van der Waals surface area contributed by atoms with Gasteiger partial charge in [0.15, 0.2) is 0 Å². The molecule has 2 N–H and O–H groups in total. The fourth-order valence-electron chi connectivity index (χ4n) is 1.69. The number of benzene rings is 1. The first-order valence-electron chi connectivity index (χ1n) is 4.81. The van der Waals surface area contributed by atoms with Crippen LogP contribution >= 0.6 is 0 Å². The number of nitrogens with zero attached hydrogens (tertiary/aromatic N) is 1. The Balaban J connectivity index is 2.06. The molecule has 1 atom stereocenters. The van der Waals surface area contributed by atoms with Crippen LogP contribution in [-0.2, 0) is 16.1 Å².